The predicted octanol–water partition coefficient (Wildman–Crippen LogP) is 4.13. The van der Waals surface area contributed by atoms with Gasteiger partial charge in [-0.3, -0.25) is 4.98 Å². The van der Waals surface area contributed by atoms with Crippen molar-refractivity contribution in [3.8, 4) is 5.75 Å². The molecular formula is C23H27N5O. The van der Waals surface area contributed by atoms with E-state index < -0.39 is 0 Å². The van der Waals surface area contributed by atoms with E-state index in [1.54, 1.807) is 13.3 Å². The third kappa shape index (κ3) is 4.71. The van der Waals surface area contributed by atoms with E-state index in [9.17, 15) is 0 Å². The van der Waals surface area contributed by atoms with E-state index >= 15 is 0 Å². The zero-order chi connectivity index (χ0) is 20.1. The topological polar surface area (TPSA) is 86.0 Å². The summed E-state index contributed by atoms with van der Waals surface area (Å²) in [6.07, 6.45) is 10.1. The molecular weight excluding hydrogens is 362 g/mol. The van der Waals surface area contributed by atoms with Crippen LogP contribution in [-0.4, -0.2) is 34.6 Å². The first-order chi connectivity index (χ1) is 14.2. The standard InChI is InChI=1S/C23H27N5O/c1-29-19-10-11-21-20(14-19)23(26-18-7-5-16(15-24)6-8-18)28-22(27-21)12-9-17-4-2-3-13-25-17/h2-4,9-14,16,18H,5-8,15,24H2,1H3,(H,26,27,28)/t16-,18+. The maximum absolute atomic E-state index is 5.84. The molecule has 2 heterocycles. The van der Waals surface area contributed by atoms with Crippen LogP contribution in [0.15, 0.2) is 42.6 Å². The van der Waals surface area contributed by atoms with E-state index in [2.05, 4.69) is 10.3 Å². The van der Waals surface area contributed by atoms with Crippen LogP contribution in [0.25, 0.3) is 23.1 Å². The number of fused-ring (bicyclic) bond motifs is 1. The van der Waals surface area contributed by atoms with Gasteiger partial charge in [0, 0.05) is 17.6 Å². The van der Waals surface area contributed by atoms with E-state index in [-0.39, 0.29) is 0 Å². The summed E-state index contributed by atoms with van der Waals surface area (Å²) in [5.41, 5.74) is 7.61. The Balaban J connectivity index is 1.65. The lowest BCUT2D eigenvalue weighted by Gasteiger charge is -2.29. The number of nitrogens with zero attached hydrogens (tertiary/aromatic N) is 3. The Hall–Kier alpha value is -2.99. The number of pyridine rings is 1. The maximum Gasteiger partial charge on any atom is 0.155 e. The first kappa shape index (κ1) is 19.3. The highest BCUT2D eigenvalue weighted by Crippen LogP contribution is 2.30. The van der Waals surface area contributed by atoms with Crippen LogP contribution >= 0.6 is 0 Å². The summed E-state index contributed by atoms with van der Waals surface area (Å²) in [5.74, 6) is 2.96. The quantitative estimate of drug-likeness (QED) is 0.659. The fourth-order valence-corrected chi connectivity index (χ4v) is 3.81. The van der Waals surface area contributed by atoms with Crippen molar-refractivity contribution in [2.75, 3.05) is 19.0 Å². The molecule has 0 saturated heterocycles. The number of anilines is 1. The molecule has 0 radical (unpaired) electrons. The zero-order valence-electron chi connectivity index (χ0n) is 16.7. The van der Waals surface area contributed by atoms with Crippen molar-refractivity contribution < 1.29 is 4.74 Å². The Bertz CT molecular complexity index is 981. The van der Waals surface area contributed by atoms with E-state index in [0.717, 1.165) is 60.4 Å². The van der Waals surface area contributed by atoms with Crippen molar-refractivity contribution in [1.82, 2.24) is 15.0 Å². The summed E-state index contributed by atoms with van der Waals surface area (Å²) < 4.78 is 5.41. The van der Waals surface area contributed by atoms with Gasteiger partial charge in [-0.2, -0.15) is 0 Å². The van der Waals surface area contributed by atoms with Gasteiger partial charge in [-0.15, -0.1) is 0 Å². The first-order valence-electron chi connectivity index (χ1n) is 10.2. The van der Waals surface area contributed by atoms with Crippen LogP contribution in [0, 0.1) is 5.92 Å². The molecule has 1 aromatic carbocycles. The Morgan fingerprint density at radius 1 is 1.10 bits per heavy atom. The minimum Gasteiger partial charge on any atom is -0.497 e. The first-order valence-corrected chi connectivity index (χ1v) is 10.2. The summed E-state index contributed by atoms with van der Waals surface area (Å²) in [5, 5.41) is 4.63. The Labute approximate surface area is 171 Å². The Morgan fingerprint density at radius 2 is 1.97 bits per heavy atom. The molecule has 0 amide bonds. The van der Waals surface area contributed by atoms with Gasteiger partial charge in [0.2, 0.25) is 0 Å². The van der Waals surface area contributed by atoms with E-state index in [1.165, 1.54) is 0 Å². The molecule has 1 fully saturated rings. The third-order valence-corrected chi connectivity index (χ3v) is 5.53. The van der Waals surface area contributed by atoms with E-state index in [0.29, 0.717) is 17.8 Å². The predicted molar refractivity (Wildman–Crippen MR) is 118 cm³/mol. The maximum atomic E-state index is 5.84. The molecule has 6 heteroatoms. The van der Waals surface area contributed by atoms with Gasteiger partial charge in [-0.25, -0.2) is 9.97 Å². The van der Waals surface area contributed by atoms with Gasteiger partial charge in [0.15, 0.2) is 5.82 Å². The van der Waals surface area contributed by atoms with Gasteiger partial charge in [-0.05, 0) is 80.6 Å². The minimum absolute atomic E-state index is 0.398. The van der Waals surface area contributed by atoms with Gasteiger partial charge in [-0.1, -0.05) is 6.07 Å². The number of hydrogen-bond acceptors (Lipinski definition) is 6. The number of nitrogens with one attached hydrogen (secondary N) is 1. The Morgan fingerprint density at radius 3 is 2.69 bits per heavy atom. The molecule has 29 heavy (non-hydrogen) atoms. The van der Waals surface area contributed by atoms with Gasteiger partial charge in [0.05, 0.1) is 18.3 Å². The van der Waals surface area contributed by atoms with Crippen LogP contribution < -0.4 is 15.8 Å². The number of ether oxygens (including phenoxy) is 1. The minimum atomic E-state index is 0.398. The van der Waals surface area contributed by atoms with Crippen molar-refractivity contribution in [2.24, 2.45) is 11.7 Å². The van der Waals surface area contributed by atoms with Gasteiger partial charge >= 0.3 is 0 Å². The lowest BCUT2D eigenvalue weighted by atomic mass is 9.86. The largest absolute Gasteiger partial charge is 0.497 e. The molecule has 2 aromatic heterocycles. The van der Waals surface area contributed by atoms with Crippen LogP contribution in [0.2, 0.25) is 0 Å². The molecule has 0 spiro atoms. The van der Waals surface area contributed by atoms with Crippen molar-refractivity contribution in [3.63, 3.8) is 0 Å². The van der Waals surface area contributed by atoms with Gasteiger partial charge in [0.25, 0.3) is 0 Å². The molecule has 0 aliphatic heterocycles. The highest BCUT2D eigenvalue weighted by atomic mass is 16.5. The molecule has 3 N–H and O–H groups in total. The van der Waals surface area contributed by atoms with Crippen LogP contribution in [0.4, 0.5) is 5.82 Å². The summed E-state index contributed by atoms with van der Waals surface area (Å²) in [7, 11) is 1.67. The second-order valence-electron chi connectivity index (χ2n) is 7.50. The molecule has 0 atom stereocenters. The fourth-order valence-electron chi connectivity index (χ4n) is 3.81. The van der Waals surface area contributed by atoms with E-state index in [1.807, 2.05) is 48.6 Å². The molecule has 4 rings (SSSR count). The number of rotatable bonds is 6. The van der Waals surface area contributed by atoms with Gasteiger partial charge in [0.1, 0.15) is 11.6 Å². The highest BCUT2D eigenvalue weighted by Gasteiger charge is 2.21. The number of aromatic nitrogens is 3. The second-order valence-corrected chi connectivity index (χ2v) is 7.50. The van der Waals surface area contributed by atoms with Crippen molar-refractivity contribution in [2.45, 2.75) is 31.7 Å². The molecule has 1 aliphatic rings. The van der Waals surface area contributed by atoms with Crippen molar-refractivity contribution >= 4 is 28.9 Å². The summed E-state index contributed by atoms with van der Waals surface area (Å²) in [6, 6.07) is 12.1. The normalized spacial score (nSPS) is 19.5. The fraction of sp³-hybridized carbons (Fsp3) is 0.348. The van der Waals surface area contributed by atoms with Crippen molar-refractivity contribution in [3.05, 3.63) is 54.1 Å². The molecule has 150 valence electrons. The number of benzene rings is 1. The van der Waals surface area contributed by atoms with E-state index in [4.69, 9.17) is 20.4 Å². The van der Waals surface area contributed by atoms with Crippen LogP contribution in [-0.2, 0) is 0 Å². The third-order valence-electron chi connectivity index (χ3n) is 5.53. The summed E-state index contributed by atoms with van der Waals surface area (Å²) in [4.78, 5) is 13.8. The molecule has 1 saturated carbocycles. The van der Waals surface area contributed by atoms with Crippen molar-refractivity contribution in [1.29, 1.82) is 0 Å². The number of methoxy groups -OCH3 is 1. The SMILES string of the molecule is COc1ccc2nc(C=Cc3ccccn3)nc(N[C@H]3CC[C@@H](CN)CC3)c2c1. The number of nitrogens with two attached hydrogens (primary N) is 1. The molecule has 0 bridgehead atoms. The second kappa shape index (κ2) is 9.01. The average Bonchev–Trinajstić information content (AvgIpc) is 2.78. The highest BCUT2D eigenvalue weighted by molar-refractivity contribution is 5.91. The molecule has 6 nitrogen and oxygen atoms in total. The summed E-state index contributed by atoms with van der Waals surface area (Å²) >= 11 is 0. The van der Waals surface area contributed by atoms with Gasteiger partial charge < -0.3 is 15.8 Å². The lowest BCUT2D eigenvalue weighted by Crippen LogP contribution is -2.29. The average molecular weight is 390 g/mol. The monoisotopic (exact) mass is 389 g/mol. The molecule has 0 unspecified atom stereocenters. The molecule has 3 aromatic rings. The van der Waals surface area contributed by atoms with Crippen LogP contribution in [0.5, 0.6) is 5.75 Å². The zero-order valence-corrected chi connectivity index (χ0v) is 16.7. The molecule has 1 aliphatic carbocycles. The summed E-state index contributed by atoms with van der Waals surface area (Å²) in [6.45, 7) is 0.781. The Kier molecular flexibility index (Phi) is 6.00. The smallest absolute Gasteiger partial charge is 0.155 e. The van der Waals surface area contributed by atoms with Crippen LogP contribution in [0.3, 0.4) is 0 Å². The van der Waals surface area contributed by atoms with Crippen LogP contribution in [0.1, 0.15) is 37.2 Å². The lowest BCUT2D eigenvalue weighted by molar-refractivity contribution is 0.344. The number of hydrogen-bond donors (Lipinski definition) is 2.